The number of rotatable bonds is 2. The molecule has 2 aromatic rings. The van der Waals surface area contributed by atoms with Gasteiger partial charge in [0, 0.05) is 16.9 Å². The summed E-state index contributed by atoms with van der Waals surface area (Å²) in [6, 6.07) is 0. The number of primary sulfonamides is 1. The van der Waals surface area contributed by atoms with Gasteiger partial charge >= 0.3 is 0 Å². The predicted molar refractivity (Wildman–Crippen MR) is 76.6 cm³/mol. The number of allylic oxidation sites excluding steroid dienone is 4. The molecular weight excluding hydrogens is 304 g/mol. The molecule has 0 spiro atoms. The highest BCUT2D eigenvalue weighted by Crippen LogP contribution is 2.24. The minimum atomic E-state index is -3.79. The summed E-state index contributed by atoms with van der Waals surface area (Å²) in [7, 11) is -3.79. The fraction of sp³-hybridized carbons (Fsp3) is 0.100. The second-order valence-corrected chi connectivity index (χ2v) is 7.09. The highest BCUT2D eigenvalue weighted by atomic mass is 32.2. The fourth-order valence-corrected chi connectivity index (χ4v) is 3.47. The van der Waals surface area contributed by atoms with E-state index in [0.29, 0.717) is 17.1 Å². The van der Waals surface area contributed by atoms with Crippen molar-refractivity contribution in [2.24, 2.45) is 5.14 Å². The zero-order valence-electron chi connectivity index (χ0n) is 9.48. The number of nitrogens with two attached hydrogens (primary N) is 1. The van der Waals surface area contributed by atoms with Crippen molar-refractivity contribution in [1.82, 2.24) is 14.6 Å². The maximum absolute atomic E-state index is 11.2. The minimum absolute atomic E-state index is 0.151. The highest BCUT2D eigenvalue weighted by Gasteiger charge is 2.19. The van der Waals surface area contributed by atoms with Crippen LogP contribution in [0.15, 0.2) is 28.8 Å². The molecule has 98 valence electrons. The molecule has 0 amide bonds. The monoisotopic (exact) mass is 312 g/mol. The van der Waals surface area contributed by atoms with Gasteiger partial charge in [0.1, 0.15) is 0 Å². The number of nitrogens with zero attached hydrogens (tertiary/aromatic N) is 3. The Morgan fingerprint density at radius 1 is 1.47 bits per heavy atom. The largest absolute Gasteiger partial charge is 0.267 e. The SMILES string of the molecule is NS(=O)(=O)c1nn2cc(C3=CC=CCC3=S)nc2s1. The molecule has 0 saturated heterocycles. The van der Waals surface area contributed by atoms with Crippen LogP contribution in [0.5, 0.6) is 0 Å². The predicted octanol–water partition coefficient (Wildman–Crippen LogP) is 1.15. The Balaban J connectivity index is 2.09. The van der Waals surface area contributed by atoms with Crippen LogP contribution in [0.25, 0.3) is 10.5 Å². The quantitative estimate of drug-likeness (QED) is 0.840. The summed E-state index contributed by atoms with van der Waals surface area (Å²) in [6.45, 7) is 0. The zero-order valence-corrected chi connectivity index (χ0v) is 11.9. The second kappa shape index (κ2) is 4.30. The lowest BCUT2D eigenvalue weighted by molar-refractivity contribution is 0.595. The first-order chi connectivity index (χ1) is 8.95. The minimum Gasteiger partial charge on any atom is -0.223 e. The van der Waals surface area contributed by atoms with Crippen LogP contribution >= 0.6 is 23.6 Å². The third-order valence-electron chi connectivity index (χ3n) is 2.55. The molecule has 2 aromatic heterocycles. The van der Waals surface area contributed by atoms with Gasteiger partial charge in [0.2, 0.25) is 9.30 Å². The molecule has 0 unspecified atom stereocenters. The Bertz CT molecular complexity index is 810. The summed E-state index contributed by atoms with van der Waals surface area (Å²) in [5, 5.41) is 8.92. The number of aromatic nitrogens is 3. The van der Waals surface area contributed by atoms with Gasteiger partial charge in [0.05, 0.1) is 11.9 Å². The molecule has 0 saturated carbocycles. The number of fused-ring (bicyclic) bond motifs is 1. The Morgan fingerprint density at radius 3 is 2.89 bits per heavy atom. The summed E-state index contributed by atoms with van der Waals surface area (Å²) in [6.07, 6.45) is 8.14. The molecule has 1 aliphatic rings. The van der Waals surface area contributed by atoms with E-state index >= 15 is 0 Å². The second-order valence-electron chi connectivity index (χ2n) is 3.90. The van der Waals surface area contributed by atoms with E-state index < -0.39 is 10.0 Å². The summed E-state index contributed by atoms with van der Waals surface area (Å²) < 4.78 is 23.6. The van der Waals surface area contributed by atoms with Gasteiger partial charge in [-0.3, -0.25) is 0 Å². The number of sulfonamides is 1. The molecule has 0 bridgehead atoms. The molecule has 0 aromatic carbocycles. The van der Waals surface area contributed by atoms with Crippen molar-refractivity contribution in [3.8, 4) is 0 Å². The van der Waals surface area contributed by atoms with Gasteiger partial charge in [0.25, 0.3) is 10.0 Å². The van der Waals surface area contributed by atoms with E-state index in [2.05, 4.69) is 10.1 Å². The molecule has 0 radical (unpaired) electrons. The van der Waals surface area contributed by atoms with Crippen LogP contribution in [-0.4, -0.2) is 27.9 Å². The van der Waals surface area contributed by atoms with E-state index in [4.69, 9.17) is 17.4 Å². The van der Waals surface area contributed by atoms with Gasteiger partial charge in [-0.25, -0.2) is 23.1 Å². The number of imidazole rings is 1. The molecule has 0 aliphatic heterocycles. The molecule has 3 rings (SSSR count). The van der Waals surface area contributed by atoms with Gasteiger partial charge in [-0.1, -0.05) is 41.8 Å². The van der Waals surface area contributed by atoms with E-state index in [1.165, 1.54) is 4.52 Å². The zero-order chi connectivity index (χ0) is 13.6. The molecular formula is C10H8N4O2S3. The first-order valence-corrected chi connectivity index (χ1v) is 8.02. The van der Waals surface area contributed by atoms with Crippen molar-refractivity contribution in [1.29, 1.82) is 0 Å². The van der Waals surface area contributed by atoms with Crippen LogP contribution in [0.2, 0.25) is 0 Å². The van der Waals surface area contributed by atoms with E-state index in [9.17, 15) is 8.42 Å². The molecule has 1 aliphatic carbocycles. The Labute approximate surface area is 118 Å². The van der Waals surface area contributed by atoms with Crippen molar-refractivity contribution in [3.05, 3.63) is 30.1 Å². The number of thiocarbonyl (C=S) groups is 1. The molecule has 9 heteroatoms. The molecule has 2 heterocycles. The van der Waals surface area contributed by atoms with Crippen LogP contribution in [0.4, 0.5) is 0 Å². The van der Waals surface area contributed by atoms with Crippen LogP contribution < -0.4 is 5.14 Å². The average Bonchev–Trinajstić information content (AvgIpc) is 2.86. The first-order valence-electron chi connectivity index (χ1n) is 5.24. The molecule has 2 N–H and O–H groups in total. The smallest absolute Gasteiger partial charge is 0.223 e. The summed E-state index contributed by atoms with van der Waals surface area (Å²) in [5.74, 6) is 0. The van der Waals surface area contributed by atoms with Crippen LogP contribution in [0, 0.1) is 0 Å². The van der Waals surface area contributed by atoms with E-state index in [-0.39, 0.29) is 4.34 Å². The topological polar surface area (TPSA) is 90.4 Å². The van der Waals surface area contributed by atoms with E-state index in [1.54, 1.807) is 6.20 Å². The lowest BCUT2D eigenvalue weighted by Crippen LogP contribution is -2.12. The van der Waals surface area contributed by atoms with Crippen LogP contribution in [0.3, 0.4) is 0 Å². The summed E-state index contributed by atoms with van der Waals surface area (Å²) >= 11 is 6.20. The van der Waals surface area contributed by atoms with Crippen molar-refractivity contribution in [2.45, 2.75) is 10.8 Å². The average molecular weight is 312 g/mol. The molecule has 6 nitrogen and oxygen atoms in total. The van der Waals surface area contributed by atoms with Gasteiger partial charge in [-0.05, 0) is 0 Å². The Hall–Kier alpha value is -1.42. The third kappa shape index (κ3) is 2.25. The third-order valence-corrected chi connectivity index (χ3v) is 5.17. The van der Waals surface area contributed by atoms with Crippen LogP contribution in [0.1, 0.15) is 12.1 Å². The van der Waals surface area contributed by atoms with Gasteiger partial charge in [-0.2, -0.15) is 0 Å². The standard InChI is InChI=1S/C10H8N4O2S3/c11-19(15,16)10-13-14-5-7(12-9(14)18-10)6-3-1-2-4-8(6)17/h1-3,5H,4H2,(H2,11,15,16). The molecule has 0 atom stereocenters. The normalized spacial score (nSPS) is 16.1. The number of hydrogen-bond donors (Lipinski definition) is 1. The van der Waals surface area contributed by atoms with Crippen molar-refractivity contribution < 1.29 is 8.42 Å². The summed E-state index contributed by atoms with van der Waals surface area (Å²) in [4.78, 5) is 5.61. The lowest BCUT2D eigenvalue weighted by atomic mass is 10.0. The first kappa shape index (κ1) is 12.6. The fourth-order valence-electron chi connectivity index (χ4n) is 1.70. The highest BCUT2D eigenvalue weighted by molar-refractivity contribution is 7.91. The Kier molecular flexibility index (Phi) is 2.86. The van der Waals surface area contributed by atoms with E-state index in [0.717, 1.165) is 21.8 Å². The maximum atomic E-state index is 11.2. The van der Waals surface area contributed by atoms with Gasteiger partial charge in [0.15, 0.2) is 0 Å². The Morgan fingerprint density at radius 2 is 2.26 bits per heavy atom. The van der Waals surface area contributed by atoms with Gasteiger partial charge in [-0.15, -0.1) is 5.10 Å². The van der Waals surface area contributed by atoms with Crippen molar-refractivity contribution >= 4 is 49.0 Å². The molecule has 19 heavy (non-hydrogen) atoms. The van der Waals surface area contributed by atoms with Crippen LogP contribution in [-0.2, 0) is 10.0 Å². The number of hydrogen-bond acceptors (Lipinski definition) is 6. The van der Waals surface area contributed by atoms with Crippen molar-refractivity contribution in [3.63, 3.8) is 0 Å². The van der Waals surface area contributed by atoms with E-state index in [1.807, 2.05) is 18.2 Å². The molecule has 0 fully saturated rings. The lowest BCUT2D eigenvalue weighted by Gasteiger charge is -2.06. The summed E-state index contributed by atoms with van der Waals surface area (Å²) in [5.41, 5.74) is 1.56. The van der Waals surface area contributed by atoms with Gasteiger partial charge < -0.3 is 0 Å². The maximum Gasteiger partial charge on any atom is 0.267 e. The van der Waals surface area contributed by atoms with Crippen molar-refractivity contribution in [2.75, 3.05) is 0 Å².